The van der Waals surface area contributed by atoms with E-state index in [4.69, 9.17) is 0 Å². The molecule has 0 saturated carbocycles. The third-order valence-electron chi connectivity index (χ3n) is 6.73. The molecule has 2 aromatic carbocycles. The third kappa shape index (κ3) is 5.37. The average Bonchev–Trinajstić information content (AvgIpc) is 3.56. The molecule has 9 heteroatoms. The van der Waals surface area contributed by atoms with Crippen molar-refractivity contribution in [2.75, 3.05) is 31.9 Å². The first kappa shape index (κ1) is 23.8. The Morgan fingerprint density at radius 3 is 2.49 bits per heavy atom. The second-order valence-electron chi connectivity index (χ2n) is 9.21. The molecule has 184 valence electrons. The molecule has 6 nitrogen and oxygen atoms in total. The van der Waals surface area contributed by atoms with Crippen LogP contribution in [0.2, 0.25) is 0 Å². The van der Waals surface area contributed by atoms with Crippen molar-refractivity contribution in [1.82, 2.24) is 14.5 Å². The fraction of sp³-hybridized carbons (Fsp3) is 0.346. The Labute approximate surface area is 204 Å². The van der Waals surface area contributed by atoms with Crippen LogP contribution in [-0.4, -0.2) is 62.1 Å². The lowest BCUT2D eigenvalue weighted by molar-refractivity contribution is -0.133. The van der Waals surface area contributed by atoms with Crippen LogP contribution in [0, 0.1) is 17.6 Å². The van der Waals surface area contributed by atoms with E-state index in [9.17, 15) is 22.0 Å². The molecule has 2 aromatic rings. The molecule has 5 rings (SSSR count). The topological polar surface area (TPSA) is 69.7 Å². The van der Waals surface area contributed by atoms with Gasteiger partial charge >= 0.3 is 0 Å². The lowest BCUT2D eigenvalue weighted by Crippen LogP contribution is -2.51. The summed E-state index contributed by atoms with van der Waals surface area (Å²) in [6, 6.07) is 11.0. The van der Waals surface area contributed by atoms with E-state index in [0.29, 0.717) is 12.1 Å². The highest BCUT2D eigenvalue weighted by Gasteiger charge is 2.41. The Morgan fingerprint density at radius 2 is 1.83 bits per heavy atom. The highest BCUT2D eigenvalue weighted by Crippen LogP contribution is 2.37. The maximum absolute atomic E-state index is 14.6. The molecule has 35 heavy (non-hydrogen) atoms. The van der Waals surface area contributed by atoms with Crippen molar-refractivity contribution in [2.24, 2.45) is 5.92 Å². The van der Waals surface area contributed by atoms with Gasteiger partial charge in [0.15, 0.2) is 0 Å². The van der Waals surface area contributed by atoms with Gasteiger partial charge in [-0.2, -0.15) is 0 Å². The predicted molar refractivity (Wildman–Crippen MR) is 130 cm³/mol. The first-order valence-corrected chi connectivity index (χ1v) is 13.4. The number of carbonyl (C=O) groups excluding carboxylic acids is 1. The molecule has 1 aliphatic carbocycles. The molecule has 0 aromatic heterocycles. The van der Waals surface area contributed by atoms with Crippen molar-refractivity contribution in [2.45, 2.75) is 18.5 Å². The number of nitrogens with zero attached hydrogens (tertiary/aromatic N) is 2. The minimum Gasteiger partial charge on any atom is -0.326 e. The Kier molecular flexibility index (Phi) is 6.57. The maximum atomic E-state index is 14.6. The van der Waals surface area contributed by atoms with Crippen LogP contribution in [0.15, 0.2) is 66.8 Å². The monoisotopic (exact) mass is 499 g/mol. The van der Waals surface area contributed by atoms with Crippen LogP contribution in [0.1, 0.15) is 23.6 Å². The van der Waals surface area contributed by atoms with Crippen LogP contribution < -0.4 is 4.72 Å². The number of nitrogens with one attached hydrogen (secondary N) is 1. The predicted octanol–water partition coefficient (Wildman–Crippen LogP) is 3.11. The molecule has 1 amide bonds. The summed E-state index contributed by atoms with van der Waals surface area (Å²) in [5, 5.41) is 0. The molecule has 0 bridgehead atoms. The number of amides is 1. The van der Waals surface area contributed by atoms with E-state index in [1.54, 1.807) is 18.2 Å². The summed E-state index contributed by atoms with van der Waals surface area (Å²) in [5.41, 5.74) is 1.38. The van der Waals surface area contributed by atoms with Crippen molar-refractivity contribution in [1.29, 1.82) is 0 Å². The molecule has 2 heterocycles. The summed E-state index contributed by atoms with van der Waals surface area (Å²) >= 11 is 0. The van der Waals surface area contributed by atoms with Gasteiger partial charge in [0.25, 0.3) is 0 Å². The molecule has 1 fully saturated rings. The van der Waals surface area contributed by atoms with Crippen LogP contribution in [0.3, 0.4) is 0 Å². The number of likely N-dealkylation sites (tertiary alicyclic amines) is 1. The van der Waals surface area contributed by atoms with Gasteiger partial charge in [0.1, 0.15) is 17.7 Å². The van der Waals surface area contributed by atoms with Gasteiger partial charge < -0.3 is 9.80 Å². The van der Waals surface area contributed by atoms with Crippen molar-refractivity contribution in [3.05, 3.63) is 89.5 Å². The molecular weight excluding hydrogens is 472 g/mol. The molecule has 2 atom stereocenters. The molecule has 0 spiro atoms. The van der Waals surface area contributed by atoms with Crippen molar-refractivity contribution < 1.29 is 22.0 Å². The van der Waals surface area contributed by atoms with Gasteiger partial charge in [0, 0.05) is 24.6 Å². The molecule has 0 unspecified atom stereocenters. The van der Waals surface area contributed by atoms with Gasteiger partial charge in [-0.1, -0.05) is 48.6 Å². The quantitative estimate of drug-likeness (QED) is 0.539. The van der Waals surface area contributed by atoms with Gasteiger partial charge in [-0.25, -0.2) is 21.9 Å². The standard InChI is InChI=1S/C26H27F2N3O3S/c27-21-9-10-23(28)22(16-21)20-15-24(18-5-2-1-3-6-18)31(17-20)26(32)25(19-7-8-19)29-35(33,34)14-13-30-11-4-12-30/h1-3,5-10,15-16,19,24-25,29H,4,11-14,17H2/t24-,25-/m0/s1. The fourth-order valence-electron chi connectivity index (χ4n) is 4.54. The third-order valence-corrected chi connectivity index (χ3v) is 8.06. The van der Waals surface area contributed by atoms with Crippen LogP contribution in [0.4, 0.5) is 8.78 Å². The average molecular weight is 500 g/mol. The lowest BCUT2D eigenvalue weighted by Gasteiger charge is -2.31. The molecule has 2 aliphatic heterocycles. The molecule has 1 saturated heterocycles. The summed E-state index contributed by atoms with van der Waals surface area (Å²) in [5.74, 6) is -1.94. The lowest BCUT2D eigenvalue weighted by atomic mass is 10.0. The van der Waals surface area contributed by atoms with Gasteiger partial charge in [-0.3, -0.25) is 4.79 Å². The van der Waals surface area contributed by atoms with Gasteiger partial charge in [0.2, 0.25) is 15.9 Å². The van der Waals surface area contributed by atoms with Gasteiger partial charge in [-0.05, 0) is 48.8 Å². The number of halogens is 2. The molecule has 3 aliphatic rings. The number of benzene rings is 2. The minimum absolute atomic E-state index is 0.0392. The van der Waals surface area contributed by atoms with Gasteiger partial charge in [-0.15, -0.1) is 0 Å². The summed E-state index contributed by atoms with van der Waals surface area (Å²) in [7, 11) is -3.70. The molecule has 1 N–H and O–H groups in total. The SMILES string of the molecule is O=C([C@@H](NS(=O)(=O)CCN1CCC1)C1C=C1)N1CC(c2cc(F)ccc2F)=C[C@H]1c1ccccc1. The number of sulfonamides is 1. The van der Waals surface area contributed by atoms with Crippen LogP contribution in [-0.2, 0) is 14.8 Å². The van der Waals surface area contributed by atoms with E-state index >= 15 is 0 Å². The number of rotatable bonds is 9. The van der Waals surface area contributed by atoms with E-state index in [1.807, 2.05) is 30.3 Å². The van der Waals surface area contributed by atoms with E-state index in [-0.39, 0.29) is 23.8 Å². The second kappa shape index (κ2) is 9.64. The largest absolute Gasteiger partial charge is 0.326 e. The van der Waals surface area contributed by atoms with E-state index in [0.717, 1.165) is 43.3 Å². The molecule has 0 radical (unpaired) electrons. The summed E-state index contributed by atoms with van der Waals surface area (Å²) in [6.45, 7) is 2.24. The maximum Gasteiger partial charge on any atom is 0.242 e. The Bertz CT molecular complexity index is 1270. The Balaban J connectivity index is 1.40. The number of carbonyl (C=O) groups is 1. The first-order valence-electron chi connectivity index (χ1n) is 11.7. The van der Waals surface area contributed by atoms with Crippen LogP contribution in [0.5, 0.6) is 0 Å². The fourth-order valence-corrected chi connectivity index (χ4v) is 5.80. The Hall–Kier alpha value is -2.88. The number of hydrogen-bond donors (Lipinski definition) is 1. The zero-order valence-corrected chi connectivity index (χ0v) is 19.9. The zero-order valence-electron chi connectivity index (χ0n) is 19.1. The second-order valence-corrected chi connectivity index (χ2v) is 11.1. The minimum atomic E-state index is -3.70. The van der Waals surface area contributed by atoms with E-state index in [1.165, 1.54) is 4.90 Å². The summed E-state index contributed by atoms with van der Waals surface area (Å²) in [4.78, 5) is 17.4. The highest BCUT2D eigenvalue weighted by molar-refractivity contribution is 7.89. The van der Waals surface area contributed by atoms with Crippen LogP contribution in [0.25, 0.3) is 5.57 Å². The summed E-state index contributed by atoms with van der Waals surface area (Å²) in [6.07, 6.45) is 6.39. The van der Waals surface area contributed by atoms with Crippen LogP contribution >= 0.6 is 0 Å². The summed E-state index contributed by atoms with van der Waals surface area (Å²) < 4.78 is 56.7. The normalized spacial score (nSPS) is 21.0. The van der Waals surface area contributed by atoms with E-state index in [2.05, 4.69) is 9.62 Å². The highest BCUT2D eigenvalue weighted by atomic mass is 32.2. The first-order chi connectivity index (χ1) is 16.8. The van der Waals surface area contributed by atoms with E-state index < -0.39 is 39.6 Å². The zero-order chi connectivity index (χ0) is 24.6. The Morgan fingerprint density at radius 1 is 1.09 bits per heavy atom. The molecular formula is C26H27F2N3O3S. The number of hydrogen-bond acceptors (Lipinski definition) is 4. The van der Waals surface area contributed by atoms with Gasteiger partial charge in [0.05, 0.1) is 11.8 Å². The van der Waals surface area contributed by atoms with Crippen molar-refractivity contribution >= 4 is 21.5 Å². The van der Waals surface area contributed by atoms with Crippen molar-refractivity contribution in [3.63, 3.8) is 0 Å². The van der Waals surface area contributed by atoms with Crippen molar-refractivity contribution in [3.8, 4) is 0 Å². The smallest absolute Gasteiger partial charge is 0.242 e.